The Balaban J connectivity index is 1.47. The Morgan fingerprint density at radius 1 is 1.12 bits per heavy atom. The normalized spacial score (nSPS) is 15.9. The number of aromatic nitrogens is 4. The third kappa shape index (κ3) is 4.17. The third-order valence-corrected chi connectivity index (χ3v) is 4.47. The quantitative estimate of drug-likeness (QED) is 0.823. The van der Waals surface area contributed by atoms with E-state index in [1.54, 1.807) is 0 Å². The Bertz CT molecular complexity index is 644. The predicted octanol–water partition coefficient (Wildman–Crippen LogP) is 1.14. The molecule has 0 unspecified atom stereocenters. The van der Waals surface area contributed by atoms with Crippen LogP contribution in [0.4, 0.5) is 0 Å². The maximum absolute atomic E-state index is 12.2. The van der Waals surface area contributed by atoms with Crippen molar-refractivity contribution in [2.45, 2.75) is 32.9 Å². The van der Waals surface area contributed by atoms with Crippen LogP contribution >= 0.6 is 0 Å². The summed E-state index contributed by atoms with van der Waals surface area (Å²) in [7, 11) is 0. The molecule has 2 heterocycles. The number of carbonyl (C=O) groups excluding carboxylic acids is 1. The molecule has 7 nitrogen and oxygen atoms in total. The van der Waals surface area contributed by atoms with Crippen molar-refractivity contribution in [2.24, 2.45) is 0 Å². The number of nitrogens with zero attached hydrogens (tertiary/aromatic N) is 6. The minimum absolute atomic E-state index is 0.0724. The molecule has 1 aromatic heterocycles. The minimum Gasteiger partial charge on any atom is -0.339 e. The number of tetrazole rings is 1. The van der Waals surface area contributed by atoms with Gasteiger partial charge < -0.3 is 4.90 Å². The highest BCUT2D eigenvalue weighted by atomic mass is 16.2. The van der Waals surface area contributed by atoms with Crippen LogP contribution in [0, 0.1) is 0 Å². The van der Waals surface area contributed by atoms with E-state index in [1.807, 2.05) is 4.90 Å². The Kier molecular flexibility index (Phi) is 5.20. The zero-order valence-electron chi connectivity index (χ0n) is 14.3. The first-order valence-electron chi connectivity index (χ1n) is 8.41. The second-order valence-electron chi connectivity index (χ2n) is 6.56. The van der Waals surface area contributed by atoms with Crippen LogP contribution < -0.4 is 0 Å². The molecule has 0 spiro atoms. The van der Waals surface area contributed by atoms with Crippen LogP contribution in [0.5, 0.6) is 0 Å². The number of hydrogen-bond acceptors (Lipinski definition) is 5. The van der Waals surface area contributed by atoms with Gasteiger partial charge in [-0.3, -0.25) is 9.69 Å². The standard InChI is InChI=1S/C17H24N6O/c1-14(2)16-5-3-15(4-6-16)11-21-7-9-22(10-8-21)17(24)12-23-13-18-19-20-23/h3-6,13-14H,7-12H2,1-2H3. The summed E-state index contributed by atoms with van der Waals surface area (Å²) < 4.78 is 1.46. The van der Waals surface area contributed by atoms with Crippen LogP contribution in [-0.4, -0.2) is 62.1 Å². The molecular weight excluding hydrogens is 304 g/mol. The first-order chi connectivity index (χ1) is 11.6. The fourth-order valence-electron chi connectivity index (χ4n) is 2.91. The summed E-state index contributed by atoms with van der Waals surface area (Å²) in [6, 6.07) is 8.85. The smallest absolute Gasteiger partial charge is 0.244 e. The van der Waals surface area contributed by atoms with Gasteiger partial charge in [0.1, 0.15) is 12.9 Å². The molecule has 1 fully saturated rings. The molecule has 0 aliphatic carbocycles. The number of rotatable bonds is 5. The topological polar surface area (TPSA) is 67.2 Å². The van der Waals surface area contributed by atoms with E-state index in [0.29, 0.717) is 5.92 Å². The van der Waals surface area contributed by atoms with Crippen molar-refractivity contribution in [3.63, 3.8) is 0 Å². The fourth-order valence-corrected chi connectivity index (χ4v) is 2.91. The van der Waals surface area contributed by atoms with Gasteiger partial charge in [0.15, 0.2) is 0 Å². The summed E-state index contributed by atoms with van der Waals surface area (Å²) in [6.45, 7) is 8.87. The number of amides is 1. The summed E-state index contributed by atoms with van der Waals surface area (Å²) in [5.74, 6) is 0.636. The molecule has 1 aliphatic rings. The van der Waals surface area contributed by atoms with Gasteiger partial charge in [0.25, 0.3) is 0 Å². The molecule has 0 bridgehead atoms. The van der Waals surface area contributed by atoms with Crippen molar-refractivity contribution < 1.29 is 4.79 Å². The molecule has 3 rings (SSSR count). The van der Waals surface area contributed by atoms with Gasteiger partial charge in [0.05, 0.1) is 0 Å². The van der Waals surface area contributed by atoms with Gasteiger partial charge >= 0.3 is 0 Å². The molecule has 1 amide bonds. The van der Waals surface area contributed by atoms with E-state index >= 15 is 0 Å². The van der Waals surface area contributed by atoms with E-state index < -0.39 is 0 Å². The van der Waals surface area contributed by atoms with Crippen molar-refractivity contribution in [3.8, 4) is 0 Å². The van der Waals surface area contributed by atoms with Gasteiger partial charge in [-0.2, -0.15) is 0 Å². The average molecular weight is 328 g/mol. The van der Waals surface area contributed by atoms with Crippen LogP contribution in [-0.2, 0) is 17.9 Å². The molecule has 24 heavy (non-hydrogen) atoms. The maximum atomic E-state index is 12.2. The summed E-state index contributed by atoms with van der Waals surface area (Å²) in [4.78, 5) is 16.5. The number of piperazine rings is 1. The highest BCUT2D eigenvalue weighted by Gasteiger charge is 2.21. The second-order valence-corrected chi connectivity index (χ2v) is 6.56. The van der Waals surface area contributed by atoms with Crippen molar-refractivity contribution in [2.75, 3.05) is 26.2 Å². The zero-order chi connectivity index (χ0) is 16.9. The lowest BCUT2D eigenvalue weighted by molar-refractivity contribution is -0.133. The van der Waals surface area contributed by atoms with Crippen molar-refractivity contribution in [1.29, 1.82) is 0 Å². The van der Waals surface area contributed by atoms with Crippen LogP contribution in [0.3, 0.4) is 0 Å². The molecule has 7 heteroatoms. The minimum atomic E-state index is 0.0724. The Hall–Kier alpha value is -2.28. The molecule has 128 valence electrons. The lowest BCUT2D eigenvalue weighted by atomic mass is 10.0. The average Bonchev–Trinajstić information content (AvgIpc) is 3.09. The molecule has 0 radical (unpaired) electrons. The maximum Gasteiger partial charge on any atom is 0.244 e. The van der Waals surface area contributed by atoms with Crippen LogP contribution in [0.15, 0.2) is 30.6 Å². The summed E-state index contributed by atoms with van der Waals surface area (Å²) >= 11 is 0. The van der Waals surface area contributed by atoms with E-state index in [2.05, 4.69) is 58.5 Å². The van der Waals surface area contributed by atoms with Crippen LogP contribution in [0.1, 0.15) is 30.9 Å². The molecule has 0 atom stereocenters. The molecule has 0 N–H and O–H groups in total. The highest BCUT2D eigenvalue weighted by Crippen LogP contribution is 2.16. The molecule has 1 aliphatic heterocycles. The van der Waals surface area contributed by atoms with Crippen molar-refractivity contribution >= 4 is 5.91 Å². The highest BCUT2D eigenvalue weighted by molar-refractivity contribution is 5.75. The van der Waals surface area contributed by atoms with E-state index in [4.69, 9.17) is 0 Å². The van der Waals surface area contributed by atoms with Gasteiger partial charge in [-0.1, -0.05) is 38.1 Å². The Morgan fingerprint density at radius 2 is 1.83 bits per heavy atom. The van der Waals surface area contributed by atoms with Crippen molar-refractivity contribution in [1.82, 2.24) is 30.0 Å². The summed E-state index contributed by atoms with van der Waals surface area (Å²) in [6.07, 6.45) is 1.47. The first-order valence-corrected chi connectivity index (χ1v) is 8.41. The summed E-state index contributed by atoms with van der Waals surface area (Å²) in [5, 5.41) is 10.8. The van der Waals surface area contributed by atoms with Gasteiger partial charge in [-0.25, -0.2) is 4.68 Å². The SMILES string of the molecule is CC(C)c1ccc(CN2CCN(C(=O)Cn3cnnn3)CC2)cc1. The third-order valence-electron chi connectivity index (χ3n) is 4.47. The van der Waals surface area contributed by atoms with Crippen LogP contribution in [0.2, 0.25) is 0 Å². The van der Waals surface area contributed by atoms with E-state index in [0.717, 1.165) is 32.7 Å². The van der Waals surface area contributed by atoms with E-state index in [9.17, 15) is 4.79 Å². The Labute approximate surface area is 142 Å². The predicted molar refractivity (Wildman–Crippen MR) is 90.2 cm³/mol. The van der Waals surface area contributed by atoms with Gasteiger partial charge in [0, 0.05) is 32.7 Å². The summed E-state index contributed by atoms with van der Waals surface area (Å²) in [5.41, 5.74) is 2.70. The van der Waals surface area contributed by atoms with Gasteiger partial charge in [0.2, 0.25) is 5.91 Å². The van der Waals surface area contributed by atoms with Crippen LogP contribution in [0.25, 0.3) is 0 Å². The molecule has 1 saturated heterocycles. The number of carbonyl (C=O) groups is 1. The van der Waals surface area contributed by atoms with E-state index in [-0.39, 0.29) is 12.5 Å². The fraction of sp³-hybridized carbons (Fsp3) is 0.529. The van der Waals surface area contributed by atoms with E-state index in [1.165, 1.54) is 22.1 Å². The zero-order valence-corrected chi connectivity index (χ0v) is 14.3. The molecule has 2 aromatic rings. The van der Waals surface area contributed by atoms with Crippen molar-refractivity contribution in [3.05, 3.63) is 41.7 Å². The first kappa shape index (κ1) is 16.6. The number of hydrogen-bond donors (Lipinski definition) is 0. The van der Waals surface area contributed by atoms with Gasteiger partial charge in [-0.05, 0) is 27.5 Å². The lowest BCUT2D eigenvalue weighted by Gasteiger charge is -2.34. The molecule has 1 aromatic carbocycles. The molecule has 0 saturated carbocycles. The second kappa shape index (κ2) is 7.53. The monoisotopic (exact) mass is 328 g/mol. The number of benzene rings is 1. The lowest BCUT2D eigenvalue weighted by Crippen LogP contribution is -2.49. The Morgan fingerprint density at radius 3 is 2.42 bits per heavy atom. The molecular formula is C17H24N6O. The largest absolute Gasteiger partial charge is 0.339 e. The van der Waals surface area contributed by atoms with Gasteiger partial charge in [-0.15, -0.1) is 5.10 Å².